The Balaban J connectivity index is 2.01. The second kappa shape index (κ2) is 6.13. The molecule has 100 valence electrons. The second-order valence-electron chi connectivity index (χ2n) is 5.14. The third-order valence-corrected chi connectivity index (χ3v) is 4.41. The first-order valence-electron chi connectivity index (χ1n) is 6.74. The van der Waals surface area contributed by atoms with Crippen LogP contribution in [0.4, 0.5) is 0 Å². The molecule has 0 unspecified atom stereocenters. The van der Waals surface area contributed by atoms with E-state index >= 15 is 0 Å². The van der Waals surface area contributed by atoms with Crippen molar-refractivity contribution in [1.29, 1.82) is 0 Å². The lowest BCUT2D eigenvalue weighted by Crippen LogP contribution is -2.59. The summed E-state index contributed by atoms with van der Waals surface area (Å²) in [7, 11) is 0. The molecule has 4 heteroatoms. The quantitative estimate of drug-likeness (QED) is 0.927. The van der Waals surface area contributed by atoms with E-state index in [9.17, 15) is 0 Å². The Hall–Kier alpha value is -0.450. The van der Waals surface area contributed by atoms with E-state index in [1.807, 2.05) is 12.4 Å². The summed E-state index contributed by atoms with van der Waals surface area (Å²) < 4.78 is 1.06. The van der Waals surface area contributed by atoms with Crippen molar-refractivity contribution in [3.05, 3.63) is 28.5 Å². The molecule has 0 aliphatic carbocycles. The van der Waals surface area contributed by atoms with Gasteiger partial charge in [-0.1, -0.05) is 13.8 Å². The summed E-state index contributed by atoms with van der Waals surface area (Å²) >= 11 is 3.48. The molecular formula is C14H22BrN3. The molecule has 1 aromatic rings. The standard InChI is InChI=1S/C14H22BrN3/c1-3-14(4-2)11-18(6-5-17-14)10-12-7-13(15)9-16-8-12/h7-9,17H,3-6,10-11H2,1-2H3. The largest absolute Gasteiger partial charge is 0.309 e. The third kappa shape index (κ3) is 3.31. The van der Waals surface area contributed by atoms with Gasteiger partial charge < -0.3 is 5.32 Å². The number of nitrogens with one attached hydrogen (secondary N) is 1. The Labute approximate surface area is 118 Å². The second-order valence-corrected chi connectivity index (χ2v) is 6.05. The Morgan fingerprint density at radius 1 is 1.39 bits per heavy atom. The number of aromatic nitrogens is 1. The van der Waals surface area contributed by atoms with Gasteiger partial charge in [0, 0.05) is 48.6 Å². The predicted octanol–water partition coefficient (Wildman–Crippen LogP) is 2.81. The van der Waals surface area contributed by atoms with Gasteiger partial charge in [-0.3, -0.25) is 9.88 Å². The summed E-state index contributed by atoms with van der Waals surface area (Å²) in [6.45, 7) is 8.89. The van der Waals surface area contributed by atoms with Crippen molar-refractivity contribution < 1.29 is 0 Å². The number of hydrogen-bond acceptors (Lipinski definition) is 3. The lowest BCUT2D eigenvalue weighted by atomic mass is 9.90. The minimum atomic E-state index is 0.303. The van der Waals surface area contributed by atoms with Crippen LogP contribution >= 0.6 is 15.9 Å². The van der Waals surface area contributed by atoms with Crippen molar-refractivity contribution in [2.45, 2.75) is 38.8 Å². The van der Waals surface area contributed by atoms with Crippen molar-refractivity contribution in [3.8, 4) is 0 Å². The lowest BCUT2D eigenvalue weighted by Gasteiger charge is -2.43. The molecule has 0 saturated carbocycles. The lowest BCUT2D eigenvalue weighted by molar-refractivity contribution is 0.118. The average Bonchev–Trinajstić information content (AvgIpc) is 2.39. The maximum absolute atomic E-state index is 4.24. The molecule has 0 aromatic carbocycles. The van der Waals surface area contributed by atoms with Crippen LogP contribution in [-0.2, 0) is 6.54 Å². The van der Waals surface area contributed by atoms with Crippen molar-refractivity contribution in [2.24, 2.45) is 0 Å². The number of piperazine rings is 1. The van der Waals surface area contributed by atoms with Crippen LogP contribution in [0.3, 0.4) is 0 Å². The highest BCUT2D eigenvalue weighted by Crippen LogP contribution is 2.21. The first-order valence-corrected chi connectivity index (χ1v) is 7.53. The number of pyridine rings is 1. The van der Waals surface area contributed by atoms with Gasteiger partial charge in [-0.2, -0.15) is 0 Å². The summed E-state index contributed by atoms with van der Waals surface area (Å²) in [5.74, 6) is 0. The van der Waals surface area contributed by atoms with Gasteiger partial charge in [0.1, 0.15) is 0 Å². The number of rotatable bonds is 4. The first kappa shape index (κ1) is 14.0. The average molecular weight is 312 g/mol. The molecular weight excluding hydrogens is 290 g/mol. The molecule has 1 fully saturated rings. The van der Waals surface area contributed by atoms with Gasteiger partial charge in [0.2, 0.25) is 0 Å². The van der Waals surface area contributed by atoms with E-state index in [1.54, 1.807) is 0 Å². The summed E-state index contributed by atoms with van der Waals surface area (Å²) in [6, 6.07) is 2.16. The van der Waals surface area contributed by atoms with E-state index in [1.165, 1.54) is 18.4 Å². The van der Waals surface area contributed by atoms with E-state index in [0.717, 1.165) is 30.7 Å². The van der Waals surface area contributed by atoms with Crippen LogP contribution < -0.4 is 5.32 Å². The van der Waals surface area contributed by atoms with Gasteiger partial charge >= 0.3 is 0 Å². The van der Waals surface area contributed by atoms with Crippen molar-refractivity contribution in [1.82, 2.24) is 15.2 Å². The molecule has 1 aromatic heterocycles. The van der Waals surface area contributed by atoms with Crippen molar-refractivity contribution in [2.75, 3.05) is 19.6 Å². The fourth-order valence-electron chi connectivity index (χ4n) is 2.70. The molecule has 1 saturated heterocycles. The zero-order chi connectivity index (χ0) is 13.0. The van der Waals surface area contributed by atoms with Gasteiger partial charge in [0.15, 0.2) is 0 Å². The summed E-state index contributed by atoms with van der Waals surface area (Å²) in [5, 5.41) is 3.69. The smallest absolute Gasteiger partial charge is 0.0410 e. The van der Waals surface area contributed by atoms with Crippen LogP contribution in [0.1, 0.15) is 32.3 Å². The summed E-state index contributed by atoms with van der Waals surface area (Å²) in [6.07, 6.45) is 6.18. The molecule has 0 amide bonds. The van der Waals surface area contributed by atoms with Crippen molar-refractivity contribution >= 4 is 15.9 Å². The Bertz CT molecular complexity index is 390. The minimum Gasteiger partial charge on any atom is -0.309 e. The van der Waals surface area contributed by atoms with E-state index in [4.69, 9.17) is 0 Å². The fraction of sp³-hybridized carbons (Fsp3) is 0.643. The minimum absolute atomic E-state index is 0.303. The predicted molar refractivity (Wildman–Crippen MR) is 78.5 cm³/mol. The highest BCUT2D eigenvalue weighted by Gasteiger charge is 2.31. The van der Waals surface area contributed by atoms with E-state index < -0.39 is 0 Å². The Morgan fingerprint density at radius 2 is 2.17 bits per heavy atom. The SMILES string of the molecule is CCC1(CC)CN(Cc2cncc(Br)c2)CCN1. The maximum Gasteiger partial charge on any atom is 0.0410 e. The van der Waals surface area contributed by atoms with Crippen LogP contribution in [0, 0.1) is 0 Å². The van der Waals surface area contributed by atoms with Gasteiger partial charge in [0.25, 0.3) is 0 Å². The molecule has 1 aliphatic heterocycles. The molecule has 0 spiro atoms. The molecule has 1 aliphatic rings. The fourth-order valence-corrected chi connectivity index (χ4v) is 3.11. The zero-order valence-electron chi connectivity index (χ0n) is 11.2. The monoisotopic (exact) mass is 311 g/mol. The van der Waals surface area contributed by atoms with Crippen LogP contribution in [0.2, 0.25) is 0 Å². The Morgan fingerprint density at radius 3 is 2.83 bits per heavy atom. The normalized spacial score (nSPS) is 19.9. The van der Waals surface area contributed by atoms with E-state index in [0.29, 0.717) is 5.54 Å². The number of nitrogens with zero attached hydrogens (tertiary/aromatic N) is 2. The molecule has 2 rings (SSSR count). The molecule has 3 nitrogen and oxygen atoms in total. The first-order chi connectivity index (χ1) is 8.67. The molecule has 2 heterocycles. The topological polar surface area (TPSA) is 28.2 Å². The van der Waals surface area contributed by atoms with Crippen LogP contribution in [-0.4, -0.2) is 35.1 Å². The molecule has 0 atom stereocenters. The Kier molecular flexibility index (Phi) is 4.76. The molecule has 0 bridgehead atoms. The van der Waals surface area contributed by atoms with Crippen molar-refractivity contribution in [3.63, 3.8) is 0 Å². The van der Waals surface area contributed by atoms with E-state index in [2.05, 4.69) is 51.0 Å². The number of hydrogen-bond donors (Lipinski definition) is 1. The van der Waals surface area contributed by atoms with E-state index in [-0.39, 0.29) is 0 Å². The van der Waals surface area contributed by atoms with Gasteiger partial charge in [-0.15, -0.1) is 0 Å². The van der Waals surface area contributed by atoms with Crippen LogP contribution in [0.25, 0.3) is 0 Å². The van der Waals surface area contributed by atoms with Gasteiger partial charge in [-0.05, 0) is 40.4 Å². The molecule has 18 heavy (non-hydrogen) atoms. The summed E-state index contributed by atoms with van der Waals surface area (Å²) in [5.41, 5.74) is 1.59. The molecule has 0 radical (unpaired) electrons. The maximum atomic E-state index is 4.24. The van der Waals surface area contributed by atoms with Crippen LogP contribution in [0.15, 0.2) is 22.9 Å². The highest BCUT2D eigenvalue weighted by atomic mass is 79.9. The summed E-state index contributed by atoms with van der Waals surface area (Å²) in [4.78, 5) is 6.77. The zero-order valence-corrected chi connectivity index (χ0v) is 12.8. The third-order valence-electron chi connectivity index (χ3n) is 3.98. The van der Waals surface area contributed by atoms with Crippen LogP contribution in [0.5, 0.6) is 0 Å². The number of halogens is 1. The van der Waals surface area contributed by atoms with Gasteiger partial charge in [0.05, 0.1) is 0 Å². The molecule has 1 N–H and O–H groups in total. The van der Waals surface area contributed by atoms with Gasteiger partial charge in [-0.25, -0.2) is 0 Å². The highest BCUT2D eigenvalue weighted by molar-refractivity contribution is 9.10.